The number of para-hydroxylation sites is 1. The summed E-state index contributed by atoms with van der Waals surface area (Å²) in [6.07, 6.45) is 1.64. The predicted molar refractivity (Wildman–Crippen MR) is 129 cm³/mol. The highest BCUT2D eigenvalue weighted by atomic mass is 19.1. The van der Waals surface area contributed by atoms with Crippen molar-refractivity contribution in [2.75, 3.05) is 40.5 Å². The van der Waals surface area contributed by atoms with Crippen LogP contribution in [0.2, 0.25) is 0 Å². The molecule has 1 heterocycles. The van der Waals surface area contributed by atoms with Gasteiger partial charge in [-0.25, -0.2) is 4.39 Å². The molecule has 35 heavy (non-hydrogen) atoms. The van der Waals surface area contributed by atoms with E-state index in [1.165, 1.54) is 25.3 Å². The van der Waals surface area contributed by atoms with Gasteiger partial charge < -0.3 is 25.0 Å². The summed E-state index contributed by atoms with van der Waals surface area (Å²) in [5, 5.41) is 5.57. The number of methoxy groups -OCH3 is 2. The molecular formula is C26H32FN3O5. The van der Waals surface area contributed by atoms with Crippen LogP contribution in [0.5, 0.6) is 5.75 Å². The molecule has 2 N–H and O–H groups in total. The predicted octanol–water partition coefficient (Wildman–Crippen LogP) is 2.64. The van der Waals surface area contributed by atoms with Crippen LogP contribution in [0.3, 0.4) is 0 Å². The number of halogens is 1. The quantitative estimate of drug-likeness (QED) is 0.505. The lowest BCUT2D eigenvalue weighted by atomic mass is 9.88. The molecule has 1 atom stereocenters. The summed E-state index contributed by atoms with van der Waals surface area (Å²) in [4.78, 5) is 40.6. The van der Waals surface area contributed by atoms with Gasteiger partial charge in [-0.3, -0.25) is 14.4 Å². The van der Waals surface area contributed by atoms with Gasteiger partial charge in [0, 0.05) is 33.4 Å². The second-order valence-electron chi connectivity index (χ2n) is 8.40. The number of ether oxygens (including phenoxy) is 2. The van der Waals surface area contributed by atoms with Crippen molar-refractivity contribution in [1.29, 1.82) is 0 Å². The molecule has 1 aliphatic heterocycles. The van der Waals surface area contributed by atoms with E-state index in [2.05, 4.69) is 10.6 Å². The van der Waals surface area contributed by atoms with E-state index < -0.39 is 17.8 Å². The average Bonchev–Trinajstić information content (AvgIpc) is 2.89. The fourth-order valence-corrected chi connectivity index (χ4v) is 4.23. The van der Waals surface area contributed by atoms with Crippen molar-refractivity contribution in [1.82, 2.24) is 15.5 Å². The summed E-state index contributed by atoms with van der Waals surface area (Å²) < 4.78 is 24.5. The molecule has 0 radical (unpaired) electrons. The van der Waals surface area contributed by atoms with Crippen molar-refractivity contribution in [3.8, 4) is 5.75 Å². The molecule has 3 rings (SSSR count). The molecule has 3 amide bonds. The van der Waals surface area contributed by atoms with E-state index >= 15 is 0 Å². The van der Waals surface area contributed by atoms with Crippen molar-refractivity contribution in [2.24, 2.45) is 5.92 Å². The summed E-state index contributed by atoms with van der Waals surface area (Å²) in [7, 11) is 3.10. The van der Waals surface area contributed by atoms with Gasteiger partial charge in [-0.1, -0.05) is 24.3 Å². The Bertz CT molecular complexity index is 1020. The highest BCUT2D eigenvalue weighted by Crippen LogP contribution is 2.26. The maximum absolute atomic E-state index is 14.2. The van der Waals surface area contributed by atoms with Crippen LogP contribution in [0, 0.1) is 11.7 Å². The number of carbonyl (C=O) groups is 3. The number of hydrogen-bond acceptors (Lipinski definition) is 5. The first-order chi connectivity index (χ1) is 17.0. The third kappa shape index (κ3) is 6.79. The Labute approximate surface area is 204 Å². The highest BCUT2D eigenvalue weighted by Gasteiger charge is 2.34. The average molecular weight is 486 g/mol. The van der Waals surface area contributed by atoms with Gasteiger partial charge in [0.15, 0.2) is 0 Å². The van der Waals surface area contributed by atoms with Crippen molar-refractivity contribution in [3.63, 3.8) is 0 Å². The minimum atomic E-state index is -0.854. The number of carbonyl (C=O) groups excluding carboxylic acids is 3. The van der Waals surface area contributed by atoms with Gasteiger partial charge in [0.1, 0.15) is 17.6 Å². The number of hydrogen-bond donors (Lipinski definition) is 2. The zero-order chi connectivity index (χ0) is 25.2. The standard InChI is InChI=1S/C26H32FN3O5/c1-34-17-7-14-28-25(32)23(29-24(31)19-8-3-5-10-21(19)27)18-12-15-30(16-13-18)26(33)20-9-4-6-11-22(20)35-2/h3-6,8-11,18,23H,7,12-17H2,1-2H3,(H,28,32)(H,29,31). The first kappa shape index (κ1) is 26.2. The molecule has 0 spiro atoms. The molecule has 0 saturated carbocycles. The van der Waals surface area contributed by atoms with E-state index in [4.69, 9.17) is 9.47 Å². The lowest BCUT2D eigenvalue weighted by molar-refractivity contribution is -0.124. The highest BCUT2D eigenvalue weighted by molar-refractivity contribution is 5.98. The van der Waals surface area contributed by atoms with Gasteiger partial charge in [0.2, 0.25) is 5.91 Å². The van der Waals surface area contributed by atoms with Gasteiger partial charge in [-0.05, 0) is 49.4 Å². The lowest BCUT2D eigenvalue weighted by Gasteiger charge is -2.36. The molecule has 2 aromatic rings. The Morgan fingerprint density at radius 2 is 1.69 bits per heavy atom. The fraction of sp³-hybridized carbons (Fsp3) is 0.423. The van der Waals surface area contributed by atoms with Gasteiger partial charge in [0.05, 0.1) is 18.2 Å². The molecule has 2 aromatic carbocycles. The van der Waals surface area contributed by atoms with Crippen molar-refractivity contribution < 1.29 is 28.2 Å². The molecule has 1 saturated heterocycles. The Morgan fingerprint density at radius 3 is 2.34 bits per heavy atom. The number of piperidine rings is 1. The van der Waals surface area contributed by atoms with Gasteiger partial charge in [-0.15, -0.1) is 0 Å². The molecule has 1 aliphatic rings. The second-order valence-corrected chi connectivity index (χ2v) is 8.40. The summed E-state index contributed by atoms with van der Waals surface area (Å²) in [6.45, 7) is 1.73. The fourth-order valence-electron chi connectivity index (χ4n) is 4.23. The smallest absolute Gasteiger partial charge is 0.257 e. The minimum Gasteiger partial charge on any atom is -0.496 e. The van der Waals surface area contributed by atoms with E-state index in [9.17, 15) is 18.8 Å². The van der Waals surface area contributed by atoms with E-state index in [1.54, 1.807) is 42.3 Å². The molecule has 0 aromatic heterocycles. The van der Waals surface area contributed by atoms with Crippen LogP contribution >= 0.6 is 0 Å². The minimum absolute atomic E-state index is 0.117. The zero-order valence-corrected chi connectivity index (χ0v) is 20.1. The molecule has 0 bridgehead atoms. The third-order valence-corrected chi connectivity index (χ3v) is 6.15. The van der Waals surface area contributed by atoms with Crippen molar-refractivity contribution in [2.45, 2.75) is 25.3 Å². The van der Waals surface area contributed by atoms with E-state index in [0.29, 0.717) is 56.8 Å². The Morgan fingerprint density at radius 1 is 1.03 bits per heavy atom. The van der Waals surface area contributed by atoms with Crippen LogP contribution < -0.4 is 15.4 Å². The summed E-state index contributed by atoms with van der Waals surface area (Å²) in [5.41, 5.74) is 0.363. The maximum Gasteiger partial charge on any atom is 0.257 e. The third-order valence-electron chi connectivity index (χ3n) is 6.15. The molecule has 1 fully saturated rings. The van der Waals surface area contributed by atoms with Crippen LogP contribution in [-0.2, 0) is 9.53 Å². The van der Waals surface area contributed by atoms with E-state index in [1.807, 2.05) is 0 Å². The van der Waals surface area contributed by atoms with E-state index in [-0.39, 0.29) is 23.3 Å². The molecular weight excluding hydrogens is 453 g/mol. The summed E-state index contributed by atoms with van der Waals surface area (Å²) >= 11 is 0. The Kier molecular flexibility index (Phi) is 9.60. The molecule has 0 aliphatic carbocycles. The molecule has 8 nitrogen and oxygen atoms in total. The normalized spacial score (nSPS) is 14.8. The topological polar surface area (TPSA) is 97.0 Å². The van der Waals surface area contributed by atoms with Crippen molar-refractivity contribution in [3.05, 3.63) is 65.5 Å². The summed E-state index contributed by atoms with van der Waals surface area (Å²) in [6, 6.07) is 11.8. The maximum atomic E-state index is 14.2. The molecule has 188 valence electrons. The van der Waals surface area contributed by atoms with Crippen LogP contribution in [-0.4, -0.2) is 69.1 Å². The van der Waals surface area contributed by atoms with Gasteiger partial charge in [0.25, 0.3) is 11.8 Å². The second kappa shape index (κ2) is 12.9. The van der Waals surface area contributed by atoms with E-state index in [0.717, 1.165) is 0 Å². The van der Waals surface area contributed by atoms with Crippen LogP contribution in [0.1, 0.15) is 40.0 Å². The van der Waals surface area contributed by atoms with Crippen LogP contribution in [0.25, 0.3) is 0 Å². The largest absolute Gasteiger partial charge is 0.496 e. The number of nitrogens with zero attached hydrogens (tertiary/aromatic N) is 1. The first-order valence-corrected chi connectivity index (χ1v) is 11.7. The number of benzene rings is 2. The number of rotatable bonds is 10. The van der Waals surface area contributed by atoms with Gasteiger partial charge in [-0.2, -0.15) is 0 Å². The monoisotopic (exact) mass is 485 g/mol. The first-order valence-electron chi connectivity index (χ1n) is 11.7. The summed E-state index contributed by atoms with van der Waals surface area (Å²) in [5.74, 6) is -1.48. The number of amides is 3. The SMILES string of the molecule is COCCCNC(=O)C(NC(=O)c1ccccc1F)C1CCN(C(=O)c2ccccc2OC)CC1. The lowest BCUT2D eigenvalue weighted by Crippen LogP contribution is -2.54. The Hall–Kier alpha value is -3.46. The molecule has 9 heteroatoms. The van der Waals surface area contributed by atoms with Crippen LogP contribution in [0.4, 0.5) is 4.39 Å². The zero-order valence-electron chi connectivity index (χ0n) is 20.1. The number of likely N-dealkylation sites (tertiary alicyclic amines) is 1. The Balaban J connectivity index is 1.69. The number of nitrogens with one attached hydrogen (secondary N) is 2. The molecule has 1 unspecified atom stereocenters. The van der Waals surface area contributed by atoms with Crippen molar-refractivity contribution >= 4 is 17.7 Å². The van der Waals surface area contributed by atoms with Crippen LogP contribution in [0.15, 0.2) is 48.5 Å². The van der Waals surface area contributed by atoms with Gasteiger partial charge >= 0.3 is 0 Å².